The van der Waals surface area contributed by atoms with Crippen LogP contribution in [0.2, 0.25) is 5.02 Å². The molecule has 0 radical (unpaired) electrons. The van der Waals surface area contributed by atoms with E-state index in [9.17, 15) is 21.6 Å². The highest BCUT2D eigenvalue weighted by Crippen LogP contribution is 2.26. The van der Waals surface area contributed by atoms with Crippen molar-refractivity contribution in [3.63, 3.8) is 0 Å². The molecule has 170 valence electrons. The molecule has 1 N–H and O–H groups in total. The summed E-state index contributed by atoms with van der Waals surface area (Å²) in [7, 11) is -4.72. The highest BCUT2D eigenvalue weighted by atomic mass is 35.5. The molecular formula is C20H26ClN3O5S2. The first kappa shape index (κ1) is 25.3. The van der Waals surface area contributed by atoms with Crippen LogP contribution in [0.4, 0.5) is 5.69 Å². The average molecular weight is 488 g/mol. The normalized spacial score (nSPS) is 12.4. The number of hydrogen-bond donors (Lipinski definition) is 1. The maximum Gasteiger partial charge on any atom is 0.257 e. The second-order valence-corrected chi connectivity index (χ2v) is 11.4. The highest BCUT2D eigenvalue weighted by molar-refractivity contribution is 7.89. The predicted molar refractivity (Wildman–Crippen MR) is 122 cm³/mol. The van der Waals surface area contributed by atoms with E-state index in [-0.39, 0.29) is 26.1 Å². The van der Waals surface area contributed by atoms with Gasteiger partial charge >= 0.3 is 0 Å². The number of halogens is 1. The molecule has 0 saturated heterocycles. The largest absolute Gasteiger partial charge is 0.322 e. The molecule has 0 heterocycles. The molecule has 0 saturated carbocycles. The van der Waals surface area contributed by atoms with E-state index in [0.29, 0.717) is 18.7 Å². The summed E-state index contributed by atoms with van der Waals surface area (Å²) in [4.78, 5) is 12.8. The van der Waals surface area contributed by atoms with Crippen LogP contribution in [0.1, 0.15) is 29.8 Å². The molecule has 0 aliphatic heterocycles. The van der Waals surface area contributed by atoms with Gasteiger partial charge in [-0.15, -0.1) is 0 Å². The van der Waals surface area contributed by atoms with Crippen LogP contribution in [0.25, 0.3) is 0 Å². The maximum atomic E-state index is 12.9. The molecule has 0 aliphatic carbocycles. The third kappa shape index (κ3) is 5.27. The summed E-state index contributed by atoms with van der Waals surface area (Å²) in [5, 5.41) is 2.67. The molecule has 2 aromatic carbocycles. The summed E-state index contributed by atoms with van der Waals surface area (Å²) in [6, 6.07) is 8.39. The molecule has 0 unspecified atom stereocenters. The molecule has 11 heteroatoms. The monoisotopic (exact) mass is 487 g/mol. The minimum Gasteiger partial charge on any atom is -0.322 e. The molecule has 0 spiro atoms. The number of carbonyl (C=O) groups is 1. The summed E-state index contributed by atoms with van der Waals surface area (Å²) in [6.45, 7) is 5.81. The van der Waals surface area contributed by atoms with Crippen molar-refractivity contribution in [2.24, 2.45) is 0 Å². The van der Waals surface area contributed by atoms with E-state index in [1.165, 1.54) is 42.7 Å². The highest BCUT2D eigenvalue weighted by Gasteiger charge is 2.25. The molecule has 0 aromatic heterocycles. The summed E-state index contributed by atoms with van der Waals surface area (Å²) >= 11 is 6.12. The van der Waals surface area contributed by atoms with Crippen molar-refractivity contribution in [2.45, 2.75) is 30.6 Å². The van der Waals surface area contributed by atoms with E-state index in [1.807, 2.05) is 0 Å². The molecule has 31 heavy (non-hydrogen) atoms. The van der Waals surface area contributed by atoms with Gasteiger partial charge in [-0.25, -0.2) is 21.1 Å². The summed E-state index contributed by atoms with van der Waals surface area (Å²) in [6.07, 6.45) is 0. The van der Waals surface area contributed by atoms with Crippen molar-refractivity contribution in [1.29, 1.82) is 0 Å². The lowest BCUT2D eigenvalue weighted by atomic mass is 10.2. The average Bonchev–Trinajstić information content (AvgIpc) is 2.69. The van der Waals surface area contributed by atoms with Gasteiger partial charge in [0.2, 0.25) is 20.0 Å². The summed E-state index contributed by atoms with van der Waals surface area (Å²) in [5.74, 6) is -0.657. The third-order valence-electron chi connectivity index (χ3n) is 4.73. The Hall–Kier alpha value is -1.98. The van der Waals surface area contributed by atoms with Crippen molar-refractivity contribution in [2.75, 3.05) is 32.5 Å². The van der Waals surface area contributed by atoms with Crippen LogP contribution in [-0.2, 0) is 20.0 Å². The van der Waals surface area contributed by atoms with Gasteiger partial charge in [-0.2, -0.15) is 4.31 Å². The first-order valence-corrected chi connectivity index (χ1v) is 12.8. The Morgan fingerprint density at radius 2 is 1.58 bits per heavy atom. The van der Waals surface area contributed by atoms with Crippen LogP contribution in [0, 0.1) is 6.92 Å². The smallest absolute Gasteiger partial charge is 0.257 e. The Bertz CT molecular complexity index is 1190. The maximum absolute atomic E-state index is 12.9. The van der Waals surface area contributed by atoms with E-state index in [2.05, 4.69) is 5.32 Å². The number of amides is 1. The Kier molecular flexibility index (Phi) is 7.88. The molecule has 0 bridgehead atoms. The fraction of sp³-hybridized carbons (Fsp3) is 0.350. The van der Waals surface area contributed by atoms with Gasteiger partial charge in [0, 0.05) is 32.9 Å². The molecule has 2 rings (SSSR count). The van der Waals surface area contributed by atoms with Crippen LogP contribution < -0.4 is 5.32 Å². The number of rotatable bonds is 8. The van der Waals surface area contributed by atoms with Gasteiger partial charge in [0.25, 0.3) is 5.91 Å². The van der Waals surface area contributed by atoms with Crippen molar-refractivity contribution < 1.29 is 21.6 Å². The van der Waals surface area contributed by atoms with Gasteiger partial charge in [0.05, 0.1) is 20.4 Å². The number of carbonyl (C=O) groups excluding carboxylic acids is 1. The van der Waals surface area contributed by atoms with Gasteiger partial charge in [-0.05, 0) is 42.8 Å². The molecule has 2 aromatic rings. The van der Waals surface area contributed by atoms with Gasteiger partial charge in [0.15, 0.2) is 0 Å². The minimum absolute atomic E-state index is 0.0432. The first-order valence-electron chi connectivity index (χ1n) is 9.50. The van der Waals surface area contributed by atoms with Gasteiger partial charge in [0.1, 0.15) is 0 Å². The molecule has 8 nitrogen and oxygen atoms in total. The van der Waals surface area contributed by atoms with Crippen LogP contribution in [-0.4, -0.2) is 58.5 Å². The quantitative estimate of drug-likeness (QED) is 0.615. The molecular weight excluding hydrogens is 462 g/mol. The molecule has 0 fully saturated rings. The van der Waals surface area contributed by atoms with E-state index in [4.69, 9.17) is 11.6 Å². The SMILES string of the molecule is CCN(CC)S(=O)(=O)c1cc(NC(=O)c2cc(S(=O)(=O)N(C)C)ccc2Cl)ccc1C. The van der Waals surface area contributed by atoms with Crippen LogP contribution in [0.15, 0.2) is 46.2 Å². The number of aryl methyl sites for hydroxylation is 1. The van der Waals surface area contributed by atoms with E-state index in [0.717, 1.165) is 4.31 Å². The zero-order valence-corrected chi connectivity index (χ0v) is 20.4. The lowest BCUT2D eigenvalue weighted by Gasteiger charge is -2.20. The first-order chi connectivity index (χ1) is 14.4. The topological polar surface area (TPSA) is 104 Å². The van der Waals surface area contributed by atoms with Crippen molar-refractivity contribution in [1.82, 2.24) is 8.61 Å². The molecule has 1 amide bonds. The van der Waals surface area contributed by atoms with E-state index < -0.39 is 26.0 Å². The lowest BCUT2D eigenvalue weighted by Crippen LogP contribution is -2.31. The minimum atomic E-state index is -3.76. The number of nitrogens with zero attached hydrogens (tertiary/aromatic N) is 2. The van der Waals surface area contributed by atoms with Gasteiger partial charge in [-0.3, -0.25) is 4.79 Å². The Morgan fingerprint density at radius 1 is 0.968 bits per heavy atom. The number of benzene rings is 2. The number of nitrogens with one attached hydrogen (secondary N) is 1. The Morgan fingerprint density at radius 3 is 2.13 bits per heavy atom. The second kappa shape index (κ2) is 9.66. The Balaban J connectivity index is 2.44. The summed E-state index contributed by atoms with van der Waals surface area (Å²) in [5.41, 5.74) is 0.749. The van der Waals surface area contributed by atoms with Crippen LogP contribution >= 0.6 is 11.6 Å². The molecule has 0 aliphatic rings. The van der Waals surface area contributed by atoms with E-state index in [1.54, 1.807) is 32.9 Å². The lowest BCUT2D eigenvalue weighted by molar-refractivity contribution is 0.102. The van der Waals surface area contributed by atoms with Gasteiger partial charge < -0.3 is 5.32 Å². The fourth-order valence-electron chi connectivity index (χ4n) is 2.91. The summed E-state index contributed by atoms with van der Waals surface area (Å²) < 4.78 is 52.9. The standard InChI is InChI=1S/C20H26ClN3O5S2/c1-6-24(7-2)31(28,29)19-12-15(9-8-14(19)3)22-20(25)17-13-16(10-11-18(17)21)30(26,27)23(4)5/h8-13H,6-7H2,1-5H3,(H,22,25). The predicted octanol–water partition coefficient (Wildman–Crippen LogP) is 3.18. The number of sulfonamides is 2. The fourth-order valence-corrected chi connectivity index (χ4v) is 5.75. The Labute approximate surface area is 188 Å². The van der Waals surface area contributed by atoms with Crippen molar-refractivity contribution >= 4 is 43.2 Å². The zero-order valence-electron chi connectivity index (χ0n) is 18.0. The van der Waals surface area contributed by atoms with Gasteiger partial charge in [-0.1, -0.05) is 31.5 Å². The van der Waals surface area contributed by atoms with E-state index >= 15 is 0 Å². The van der Waals surface area contributed by atoms with Crippen LogP contribution in [0.5, 0.6) is 0 Å². The molecule has 0 atom stereocenters. The second-order valence-electron chi connectivity index (χ2n) is 6.95. The number of hydrogen-bond acceptors (Lipinski definition) is 5. The van der Waals surface area contributed by atoms with Crippen molar-refractivity contribution in [3.8, 4) is 0 Å². The third-order valence-corrected chi connectivity index (χ3v) is 9.06. The zero-order chi connectivity index (χ0) is 23.6. The van der Waals surface area contributed by atoms with Crippen LogP contribution in [0.3, 0.4) is 0 Å². The van der Waals surface area contributed by atoms with Crippen molar-refractivity contribution in [3.05, 3.63) is 52.5 Å². The number of anilines is 1.